The van der Waals surface area contributed by atoms with Gasteiger partial charge in [0.1, 0.15) is 0 Å². The van der Waals surface area contributed by atoms with E-state index in [0.29, 0.717) is 5.41 Å². The van der Waals surface area contributed by atoms with Crippen LogP contribution in [-0.2, 0) is 0 Å². The van der Waals surface area contributed by atoms with Gasteiger partial charge in [0.2, 0.25) is 0 Å². The zero-order chi connectivity index (χ0) is 11.9. The summed E-state index contributed by atoms with van der Waals surface area (Å²) < 4.78 is 0. The first kappa shape index (κ1) is 14.8. The first-order valence-corrected chi connectivity index (χ1v) is 8.67. The van der Waals surface area contributed by atoms with Gasteiger partial charge in [0.05, 0.1) is 0 Å². The van der Waals surface area contributed by atoms with Crippen LogP contribution in [0, 0.1) is 5.41 Å². The molecule has 0 aromatic carbocycles. The van der Waals surface area contributed by atoms with Gasteiger partial charge >= 0.3 is 0 Å². The van der Waals surface area contributed by atoms with Gasteiger partial charge in [0.25, 0.3) is 0 Å². The second-order valence-electron chi connectivity index (χ2n) is 5.38. The molecule has 0 aromatic rings. The van der Waals surface area contributed by atoms with Gasteiger partial charge in [-0.3, -0.25) is 0 Å². The van der Waals surface area contributed by atoms with E-state index >= 15 is 0 Å². The fourth-order valence-corrected chi connectivity index (χ4v) is 5.11. The summed E-state index contributed by atoms with van der Waals surface area (Å²) in [6.45, 7) is 4.63. The second kappa shape index (κ2) is 7.92. The molecule has 1 fully saturated rings. The number of thioether (sulfide) groups is 1. The highest BCUT2D eigenvalue weighted by Crippen LogP contribution is 2.39. The Kier molecular flexibility index (Phi) is 7.30. The molecule has 0 heterocycles. The van der Waals surface area contributed by atoms with Crippen molar-refractivity contribution in [2.24, 2.45) is 5.41 Å². The summed E-state index contributed by atoms with van der Waals surface area (Å²) in [5.74, 6) is 2.43. The van der Waals surface area contributed by atoms with Crippen LogP contribution in [0.4, 0.5) is 0 Å². The van der Waals surface area contributed by atoms with Crippen LogP contribution in [0.3, 0.4) is 0 Å². The molecule has 0 N–H and O–H groups in total. The highest BCUT2D eigenvalue weighted by molar-refractivity contribution is 8.00. The maximum Gasteiger partial charge on any atom is 0.00472 e. The van der Waals surface area contributed by atoms with Crippen LogP contribution in [0.2, 0.25) is 0 Å². The van der Waals surface area contributed by atoms with Gasteiger partial charge in [0.15, 0.2) is 0 Å². The van der Waals surface area contributed by atoms with Gasteiger partial charge in [-0.15, -0.1) is 0 Å². The Morgan fingerprint density at radius 1 is 1.12 bits per heavy atom. The molecule has 1 aliphatic carbocycles. The molecule has 1 aliphatic rings. The van der Waals surface area contributed by atoms with Crippen molar-refractivity contribution in [3.63, 3.8) is 0 Å². The van der Waals surface area contributed by atoms with Crippen molar-refractivity contribution >= 4 is 24.4 Å². The minimum atomic E-state index is 0.528. The minimum Gasteiger partial charge on any atom is -0.179 e. The van der Waals surface area contributed by atoms with E-state index in [-0.39, 0.29) is 0 Å². The molecule has 0 bridgehead atoms. The Bertz CT molecular complexity index is 168. The van der Waals surface area contributed by atoms with Gasteiger partial charge in [-0.05, 0) is 42.6 Å². The molecule has 2 heteroatoms. The van der Waals surface area contributed by atoms with Crippen LogP contribution in [0.5, 0.6) is 0 Å². The molecule has 0 radical (unpaired) electrons. The van der Waals surface area contributed by atoms with Gasteiger partial charge < -0.3 is 0 Å². The molecule has 0 atom stereocenters. The fraction of sp³-hybridized carbons (Fsp3) is 1.00. The van der Waals surface area contributed by atoms with Gasteiger partial charge in [-0.2, -0.15) is 24.4 Å². The molecule has 1 rings (SSSR count). The van der Waals surface area contributed by atoms with Crippen molar-refractivity contribution in [1.82, 2.24) is 0 Å². The molecule has 0 nitrogen and oxygen atoms in total. The van der Waals surface area contributed by atoms with Crippen molar-refractivity contribution in [3.8, 4) is 0 Å². The largest absolute Gasteiger partial charge is 0.179 e. The monoisotopic (exact) mass is 260 g/mol. The van der Waals surface area contributed by atoms with E-state index in [1.54, 1.807) is 0 Å². The topological polar surface area (TPSA) is 0 Å². The first-order valence-electron chi connectivity index (χ1n) is 6.99. The third-order valence-electron chi connectivity index (χ3n) is 3.82. The lowest BCUT2D eigenvalue weighted by Crippen LogP contribution is -2.27. The third kappa shape index (κ3) is 4.52. The average Bonchev–Trinajstić information content (AvgIpc) is 2.79. The van der Waals surface area contributed by atoms with Crippen LogP contribution in [0.15, 0.2) is 0 Å². The molecule has 1 saturated carbocycles. The van der Waals surface area contributed by atoms with E-state index in [2.05, 4.69) is 38.2 Å². The molecule has 0 saturated heterocycles. The summed E-state index contributed by atoms with van der Waals surface area (Å²) in [5, 5.41) is 0.966. The van der Waals surface area contributed by atoms with E-state index in [1.807, 2.05) is 0 Å². The van der Waals surface area contributed by atoms with Gasteiger partial charge in [-0.1, -0.05) is 39.5 Å². The summed E-state index contributed by atoms with van der Waals surface area (Å²) in [7, 11) is 0. The third-order valence-corrected chi connectivity index (χ3v) is 6.22. The molecule has 0 amide bonds. The Labute approximate surface area is 112 Å². The van der Waals surface area contributed by atoms with Gasteiger partial charge in [0, 0.05) is 5.25 Å². The summed E-state index contributed by atoms with van der Waals surface area (Å²) in [6, 6.07) is 0. The highest BCUT2D eigenvalue weighted by Gasteiger charge is 2.28. The average molecular weight is 261 g/mol. The molecule has 16 heavy (non-hydrogen) atoms. The molecule has 0 aliphatic heterocycles. The lowest BCUT2D eigenvalue weighted by molar-refractivity contribution is 0.318. The molecule has 0 spiro atoms. The maximum absolute atomic E-state index is 4.63. The smallest absolute Gasteiger partial charge is 0.00472 e. The van der Waals surface area contributed by atoms with Gasteiger partial charge in [-0.25, -0.2) is 0 Å². The summed E-state index contributed by atoms with van der Waals surface area (Å²) in [6.07, 6.45) is 11.2. The van der Waals surface area contributed by atoms with Crippen molar-refractivity contribution in [2.45, 2.75) is 70.5 Å². The van der Waals surface area contributed by atoms with Crippen LogP contribution in [0.1, 0.15) is 65.2 Å². The lowest BCUT2D eigenvalue weighted by atomic mass is 9.83. The molecular formula is C14H28S2. The predicted octanol–water partition coefficient (Wildman–Crippen LogP) is 5.18. The van der Waals surface area contributed by atoms with E-state index in [0.717, 1.165) is 11.0 Å². The Morgan fingerprint density at radius 3 is 2.12 bits per heavy atom. The molecular weight excluding hydrogens is 232 g/mol. The zero-order valence-electron chi connectivity index (χ0n) is 11.0. The maximum atomic E-state index is 4.63. The Hall–Kier alpha value is 0.700. The molecule has 0 unspecified atom stereocenters. The first-order chi connectivity index (χ1) is 7.76. The lowest BCUT2D eigenvalue weighted by Gasteiger charge is -2.32. The van der Waals surface area contributed by atoms with Crippen LogP contribution in [0.25, 0.3) is 0 Å². The van der Waals surface area contributed by atoms with Crippen molar-refractivity contribution < 1.29 is 0 Å². The molecule has 0 aromatic heterocycles. The Balaban J connectivity index is 2.40. The highest BCUT2D eigenvalue weighted by atomic mass is 32.2. The van der Waals surface area contributed by atoms with E-state index in [9.17, 15) is 0 Å². The normalized spacial score (nSPS) is 18.2. The van der Waals surface area contributed by atoms with E-state index in [4.69, 9.17) is 0 Å². The summed E-state index contributed by atoms with van der Waals surface area (Å²) in [5.41, 5.74) is 0.528. The zero-order valence-corrected chi connectivity index (χ0v) is 12.7. The summed E-state index contributed by atoms with van der Waals surface area (Å²) >= 11 is 6.88. The number of hydrogen-bond acceptors (Lipinski definition) is 2. The number of hydrogen-bond donors (Lipinski definition) is 1. The summed E-state index contributed by atoms with van der Waals surface area (Å²) in [4.78, 5) is 0. The van der Waals surface area contributed by atoms with Crippen molar-refractivity contribution in [2.75, 3.05) is 11.5 Å². The SMILES string of the molecule is CCCC(CS)(CCC)CSC1CCCC1. The van der Waals surface area contributed by atoms with Crippen molar-refractivity contribution in [3.05, 3.63) is 0 Å². The second-order valence-corrected chi connectivity index (χ2v) is 6.98. The standard InChI is InChI=1S/C14H28S2/c1-3-9-14(11-15,10-4-2)12-16-13-7-5-6-8-13/h13,15H,3-12H2,1-2H3. The number of thiol groups is 1. The van der Waals surface area contributed by atoms with E-state index in [1.165, 1.54) is 57.1 Å². The van der Waals surface area contributed by atoms with Crippen LogP contribution >= 0.6 is 24.4 Å². The quantitative estimate of drug-likeness (QED) is 0.587. The van der Waals surface area contributed by atoms with Crippen molar-refractivity contribution in [1.29, 1.82) is 0 Å². The van der Waals surface area contributed by atoms with Crippen LogP contribution < -0.4 is 0 Å². The predicted molar refractivity (Wildman–Crippen MR) is 80.8 cm³/mol. The molecule has 96 valence electrons. The van der Waals surface area contributed by atoms with E-state index < -0.39 is 0 Å². The van der Waals surface area contributed by atoms with Crippen LogP contribution in [-0.4, -0.2) is 16.8 Å². The Morgan fingerprint density at radius 2 is 1.69 bits per heavy atom. The fourth-order valence-electron chi connectivity index (χ4n) is 2.88. The number of rotatable bonds is 8. The minimum absolute atomic E-state index is 0.528.